The second-order valence-electron chi connectivity index (χ2n) is 3.41. The number of phenolic OH excluding ortho intramolecular Hbond substituents is 1. The lowest BCUT2D eigenvalue weighted by molar-refractivity contribution is 0.474. The van der Waals surface area contributed by atoms with Crippen molar-refractivity contribution >= 4 is 0 Å². The van der Waals surface area contributed by atoms with Crippen LogP contribution in [0.4, 0.5) is 0 Å². The van der Waals surface area contributed by atoms with Crippen LogP contribution in [0, 0.1) is 0 Å². The third-order valence-electron chi connectivity index (χ3n) is 2.39. The minimum absolute atomic E-state index is 0.259. The zero-order valence-electron chi connectivity index (χ0n) is 8.35. The number of rotatable bonds is 2. The molecule has 0 fully saturated rings. The molecule has 0 aromatic heterocycles. The van der Waals surface area contributed by atoms with Crippen molar-refractivity contribution in [3.8, 4) is 16.9 Å². The van der Waals surface area contributed by atoms with E-state index in [-0.39, 0.29) is 5.75 Å². The number of aromatic hydroxyl groups is 1. The van der Waals surface area contributed by atoms with Gasteiger partial charge in [0.2, 0.25) is 0 Å². The van der Waals surface area contributed by atoms with E-state index in [1.165, 1.54) is 0 Å². The Balaban J connectivity index is 2.53. The highest BCUT2D eigenvalue weighted by Gasteiger charge is 2.03. The summed E-state index contributed by atoms with van der Waals surface area (Å²) in [4.78, 5) is 0. The van der Waals surface area contributed by atoms with E-state index < -0.39 is 0 Å². The predicted octanol–water partition coefficient (Wildman–Crippen LogP) is 2.52. The van der Waals surface area contributed by atoms with Gasteiger partial charge < -0.3 is 10.8 Å². The Bertz CT molecular complexity index is 451. The average molecular weight is 199 g/mol. The van der Waals surface area contributed by atoms with Crippen molar-refractivity contribution in [2.75, 3.05) is 0 Å². The van der Waals surface area contributed by atoms with Gasteiger partial charge in [0, 0.05) is 6.54 Å². The Morgan fingerprint density at radius 2 is 1.73 bits per heavy atom. The molecule has 0 aliphatic rings. The summed E-state index contributed by atoms with van der Waals surface area (Å²) >= 11 is 0. The number of hydrogen-bond donors (Lipinski definition) is 2. The molecule has 3 N–H and O–H groups in total. The Kier molecular flexibility index (Phi) is 2.70. The SMILES string of the molecule is NCc1cc(O)ccc1-c1ccccc1. The van der Waals surface area contributed by atoms with Gasteiger partial charge in [-0.25, -0.2) is 0 Å². The molecule has 0 saturated carbocycles. The van der Waals surface area contributed by atoms with E-state index in [1.807, 2.05) is 36.4 Å². The molecule has 0 atom stereocenters. The first-order valence-corrected chi connectivity index (χ1v) is 4.88. The van der Waals surface area contributed by atoms with Gasteiger partial charge in [-0.3, -0.25) is 0 Å². The first-order valence-electron chi connectivity index (χ1n) is 4.88. The fraction of sp³-hybridized carbons (Fsp3) is 0.0769. The van der Waals surface area contributed by atoms with Crippen molar-refractivity contribution in [3.05, 3.63) is 54.1 Å². The molecule has 0 amide bonds. The van der Waals surface area contributed by atoms with Gasteiger partial charge in [0.25, 0.3) is 0 Å². The molecular weight excluding hydrogens is 186 g/mol. The predicted molar refractivity (Wildman–Crippen MR) is 61.4 cm³/mol. The fourth-order valence-corrected chi connectivity index (χ4v) is 1.65. The van der Waals surface area contributed by atoms with Gasteiger partial charge in [0.1, 0.15) is 5.75 Å². The van der Waals surface area contributed by atoms with Gasteiger partial charge in [-0.2, -0.15) is 0 Å². The van der Waals surface area contributed by atoms with Gasteiger partial charge in [-0.15, -0.1) is 0 Å². The number of nitrogens with two attached hydrogens (primary N) is 1. The van der Waals surface area contributed by atoms with Crippen molar-refractivity contribution in [1.82, 2.24) is 0 Å². The molecule has 76 valence electrons. The van der Waals surface area contributed by atoms with Crippen LogP contribution in [-0.4, -0.2) is 5.11 Å². The van der Waals surface area contributed by atoms with Gasteiger partial charge in [-0.1, -0.05) is 36.4 Å². The summed E-state index contributed by atoms with van der Waals surface area (Å²) in [6.45, 7) is 0.429. The Morgan fingerprint density at radius 1 is 1.00 bits per heavy atom. The maximum atomic E-state index is 9.36. The highest BCUT2D eigenvalue weighted by Crippen LogP contribution is 2.26. The summed E-state index contributed by atoms with van der Waals surface area (Å²) in [7, 11) is 0. The normalized spacial score (nSPS) is 10.2. The summed E-state index contributed by atoms with van der Waals surface area (Å²) in [6, 6.07) is 15.3. The van der Waals surface area contributed by atoms with E-state index in [0.717, 1.165) is 16.7 Å². The molecule has 0 aliphatic heterocycles. The maximum Gasteiger partial charge on any atom is 0.115 e. The van der Waals surface area contributed by atoms with Crippen LogP contribution in [0.25, 0.3) is 11.1 Å². The van der Waals surface area contributed by atoms with Crippen LogP contribution < -0.4 is 5.73 Å². The molecule has 2 heteroatoms. The Labute approximate surface area is 89.0 Å². The molecule has 2 aromatic rings. The van der Waals surface area contributed by atoms with E-state index in [9.17, 15) is 5.11 Å². The standard InChI is InChI=1S/C13H13NO/c14-9-11-8-12(15)6-7-13(11)10-4-2-1-3-5-10/h1-8,15H,9,14H2. The molecule has 0 bridgehead atoms. The van der Waals surface area contributed by atoms with Crippen LogP contribution in [0.5, 0.6) is 5.75 Å². The number of phenols is 1. The second kappa shape index (κ2) is 4.15. The molecule has 2 nitrogen and oxygen atoms in total. The third-order valence-corrected chi connectivity index (χ3v) is 2.39. The molecule has 0 saturated heterocycles. The molecule has 15 heavy (non-hydrogen) atoms. The van der Waals surface area contributed by atoms with Crippen molar-refractivity contribution in [2.24, 2.45) is 5.73 Å². The Morgan fingerprint density at radius 3 is 2.40 bits per heavy atom. The van der Waals surface area contributed by atoms with Crippen LogP contribution >= 0.6 is 0 Å². The Hall–Kier alpha value is -1.80. The monoisotopic (exact) mass is 199 g/mol. The minimum Gasteiger partial charge on any atom is -0.508 e. The van der Waals surface area contributed by atoms with Crippen molar-refractivity contribution in [3.63, 3.8) is 0 Å². The van der Waals surface area contributed by atoms with Crippen molar-refractivity contribution in [2.45, 2.75) is 6.54 Å². The average Bonchev–Trinajstić information content (AvgIpc) is 2.30. The van der Waals surface area contributed by atoms with E-state index >= 15 is 0 Å². The zero-order chi connectivity index (χ0) is 10.7. The highest BCUT2D eigenvalue weighted by atomic mass is 16.3. The molecule has 0 unspecified atom stereocenters. The number of benzene rings is 2. The van der Waals surface area contributed by atoms with Crippen LogP contribution in [0.1, 0.15) is 5.56 Å². The van der Waals surface area contributed by atoms with Crippen LogP contribution in [0.3, 0.4) is 0 Å². The first kappa shape index (κ1) is 9.74. The summed E-state index contributed by atoms with van der Waals surface area (Å²) < 4.78 is 0. The smallest absolute Gasteiger partial charge is 0.115 e. The highest BCUT2D eigenvalue weighted by molar-refractivity contribution is 5.68. The van der Waals surface area contributed by atoms with Gasteiger partial charge in [0.15, 0.2) is 0 Å². The van der Waals surface area contributed by atoms with Gasteiger partial charge in [-0.05, 0) is 28.8 Å². The lowest BCUT2D eigenvalue weighted by atomic mass is 9.99. The van der Waals surface area contributed by atoms with Crippen molar-refractivity contribution in [1.29, 1.82) is 0 Å². The third kappa shape index (κ3) is 2.00. The van der Waals surface area contributed by atoms with Gasteiger partial charge >= 0.3 is 0 Å². The van der Waals surface area contributed by atoms with Crippen LogP contribution in [0.2, 0.25) is 0 Å². The molecule has 0 aliphatic carbocycles. The van der Waals surface area contributed by atoms with E-state index in [1.54, 1.807) is 12.1 Å². The van der Waals surface area contributed by atoms with Gasteiger partial charge in [0.05, 0.1) is 0 Å². The quantitative estimate of drug-likeness (QED) is 0.780. The molecule has 0 heterocycles. The first-order chi connectivity index (χ1) is 7.31. The molecule has 2 rings (SSSR count). The minimum atomic E-state index is 0.259. The zero-order valence-corrected chi connectivity index (χ0v) is 8.35. The lowest BCUT2D eigenvalue weighted by Gasteiger charge is -2.08. The largest absolute Gasteiger partial charge is 0.508 e. The number of hydrogen-bond acceptors (Lipinski definition) is 2. The van der Waals surface area contributed by atoms with E-state index in [4.69, 9.17) is 5.73 Å². The van der Waals surface area contributed by atoms with Crippen molar-refractivity contribution < 1.29 is 5.11 Å². The maximum absolute atomic E-state index is 9.36. The second-order valence-corrected chi connectivity index (χ2v) is 3.41. The topological polar surface area (TPSA) is 46.2 Å². The molecule has 0 radical (unpaired) electrons. The van der Waals surface area contributed by atoms with E-state index in [2.05, 4.69) is 0 Å². The molecular formula is C13H13NO. The fourth-order valence-electron chi connectivity index (χ4n) is 1.65. The van der Waals surface area contributed by atoms with Crippen LogP contribution in [0.15, 0.2) is 48.5 Å². The summed E-state index contributed by atoms with van der Waals surface area (Å²) in [5.74, 6) is 0.259. The molecule has 2 aromatic carbocycles. The van der Waals surface area contributed by atoms with E-state index in [0.29, 0.717) is 6.54 Å². The molecule has 0 spiro atoms. The summed E-state index contributed by atoms with van der Waals surface area (Å²) in [5.41, 5.74) is 8.81. The van der Waals surface area contributed by atoms with Crippen LogP contribution in [-0.2, 0) is 6.54 Å². The lowest BCUT2D eigenvalue weighted by Crippen LogP contribution is -1.98. The summed E-state index contributed by atoms with van der Waals surface area (Å²) in [5, 5.41) is 9.36. The summed E-state index contributed by atoms with van der Waals surface area (Å²) in [6.07, 6.45) is 0.